The van der Waals surface area contributed by atoms with Crippen molar-refractivity contribution in [3.05, 3.63) is 0 Å². The Kier molecular flexibility index (Phi) is 6.14. The first-order valence-corrected chi connectivity index (χ1v) is 4.58. The Morgan fingerprint density at radius 1 is 1.23 bits per heavy atom. The van der Waals surface area contributed by atoms with E-state index in [-0.39, 0.29) is 11.8 Å². The summed E-state index contributed by atoms with van der Waals surface area (Å²) in [6.45, 7) is 4.83. The number of nitrogens with zero attached hydrogens (tertiary/aromatic N) is 1. The normalized spacial score (nSPS) is 15.8. The largest absolute Gasteiger partial charge is 0.383 e. The fourth-order valence-corrected chi connectivity index (χ4v) is 1.05. The van der Waals surface area contributed by atoms with Crippen molar-refractivity contribution in [3.8, 4) is 0 Å². The van der Waals surface area contributed by atoms with Gasteiger partial charge in [0.05, 0.1) is 13.2 Å². The van der Waals surface area contributed by atoms with E-state index in [1.165, 1.54) is 4.90 Å². The highest BCUT2D eigenvalue weighted by molar-refractivity contribution is 6.01. The first-order chi connectivity index (χ1) is 6.25. The third-order valence-electron chi connectivity index (χ3n) is 1.67. The van der Waals surface area contributed by atoms with E-state index in [1.807, 2.05) is 13.8 Å². The Hall–Kier alpha value is -0.900. The second kappa shape index (κ2) is 6.60. The van der Waals surface area contributed by atoms with Crippen LogP contribution in [0.15, 0.2) is 0 Å². The average Bonchev–Trinajstić information content (AvgIpc) is 2.47. The van der Waals surface area contributed by atoms with Gasteiger partial charge in [-0.1, -0.05) is 13.8 Å². The molecular formula is C9H17NO3. The van der Waals surface area contributed by atoms with Crippen molar-refractivity contribution in [1.82, 2.24) is 4.90 Å². The first-order valence-electron chi connectivity index (χ1n) is 4.58. The lowest BCUT2D eigenvalue weighted by Gasteiger charge is -2.11. The van der Waals surface area contributed by atoms with Crippen LogP contribution in [0.4, 0.5) is 0 Å². The molecular weight excluding hydrogens is 170 g/mol. The maximum atomic E-state index is 10.9. The van der Waals surface area contributed by atoms with Crippen LogP contribution < -0.4 is 0 Å². The van der Waals surface area contributed by atoms with E-state index in [0.717, 1.165) is 0 Å². The minimum absolute atomic E-state index is 0.0768. The SMILES string of the molecule is CC.COCCN1C(=O)CCC1=O. The van der Waals surface area contributed by atoms with Gasteiger partial charge in [0.25, 0.3) is 0 Å². The Bertz CT molecular complexity index is 164. The predicted molar refractivity (Wildman–Crippen MR) is 49.2 cm³/mol. The summed E-state index contributed by atoms with van der Waals surface area (Å²) in [7, 11) is 1.55. The van der Waals surface area contributed by atoms with Crippen LogP contribution >= 0.6 is 0 Å². The lowest BCUT2D eigenvalue weighted by atomic mass is 10.4. The molecule has 0 aromatic carbocycles. The van der Waals surface area contributed by atoms with Gasteiger partial charge in [-0.3, -0.25) is 14.5 Å². The average molecular weight is 187 g/mol. The van der Waals surface area contributed by atoms with Gasteiger partial charge in [0, 0.05) is 20.0 Å². The summed E-state index contributed by atoms with van der Waals surface area (Å²) in [6, 6.07) is 0. The topological polar surface area (TPSA) is 46.6 Å². The number of carbonyl (C=O) groups is 2. The minimum atomic E-state index is -0.0768. The molecule has 0 atom stereocenters. The molecule has 1 aliphatic rings. The Morgan fingerprint density at radius 2 is 1.69 bits per heavy atom. The van der Waals surface area contributed by atoms with Crippen LogP contribution in [0.5, 0.6) is 0 Å². The third kappa shape index (κ3) is 3.55. The monoisotopic (exact) mass is 187 g/mol. The van der Waals surface area contributed by atoms with Gasteiger partial charge in [-0.2, -0.15) is 0 Å². The highest BCUT2D eigenvalue weighted by atomic mass is 16.5. The number of imide groups is 1. The van der Waals surface area contributed by atoms with Gasteiger partial charge >= 0.3 is 0 Å². The molecule has 0 radical (unpaired) electrons. The summed E-state index contributed by atoms with van der Waals surface area (Å²) < 4.78 is 4.75. The van der Waals surface area contributed by atoms with Gasteiger partial charge in [0.1, 0.15) is 0 Å². The number of rotatable bonds is 3. The molecule has 0 saturated carbocycles. The van der Waals surface area contributed by atoms with Crippen LogP contribution in [0.1, 0.15) is 26.7 Å². The predicted octanol–water partition coefficient (Wildman–Crippen LogP) is 0.808. The summed E-state index contributed by atoms with van der Waals surface area (Å²) in [5, 5.41) is 0. The molecule has 0 N–H and O–H groups in total. The summed E-state index contributed by atoms with van der Waals surface area (Å²) >= 11 is 0. The number of hydrogen-bond acceptors (Lipinski definition) is 3. The van der Waals surface area contributed by atoms with E-state index in [1.54, 1.807) is 7.11 Å². The van der Waals surface area contributed by atoms with Crippen molar-refractivity contribution >= 4 is 11.8 Å². The summed E-state index contributed by atoms with van der Waals surface area (Å²) in [4.78, 5) is 23.1. The minimum Gasteiger partial charge on any atom is -0.383 e. The van der Waals surface area contributed by atoms with Crippen molar-refractivity contribution in [1.29, 1.82) is 0 Å². The van der Waals surface area contributed by atoms with E-state index < -0.39 is 0 Å². The first kappa shape index (κ1) is 12.1. The highest BCUT2D eigenvalue weighted by Crippen LogP contribution is 2.10. The van der Waals surface area contributed by atoms with Gasteiger partial charge in [0.15, 0.2) is 0 Å². The summed E-state index contributed by atoms with van der Waals surface area (Å²) in [5.74, 6) is -0.154. The molecule has 0 aliphatic carbocycles. The number of amides is 2. The Morgan fingerprint density at radius 3 is 2.08 bits per heavy atom. The van der Waals surface area contributed by atoms with Crippen LogP contribution in [0.3, 0.4) is 0 Å². The maximum Gasteiger partial charge on any atom is 0.229 e. The van der Waals surface area contributed by atoms with E-state index in [2.05, 4.69) is 0 Å². The molecule has 0 aromatic rings. The van der Waals surface area contributed by atoms with Crippen molar-refractivity contribution in [2.75, 3.05) is 20.3 Å². The zero-order valence-electron chi connectivity index (χ0n) is 8.50. The van der Waals surface area contributed by atoms with Gasteiger partial charge in [-0.05, 0) is 0 Å². The van der Waals surface area contributed by atoms with Crippen molar-refractivity contribution in [2.24, 2.45) is 0 Å². The molecule has 13 heavy (non-hydrogen) atoms. The molecule has 1 saturated heterocycles. The van der Waals surface area contributed by atoms with Gasteiger partial charge in [0.2, 0.25) is 11.8 Å². The fourth-order valence-electron chi connectivity index (χ4n) is 1.05. The third-order valence-corrected chi connectivity index (χ3v) is 1.67. The molecule has 0 aromatic heterocycles. The molecule has 1 aliphatic heterocycles. The summed E-state index contributed by atoms with van der Waals surface area (Å²) in [5.41, 5.74) is 0. The highest BCUT2D eigenvalue weighted by Gasteiger charge is 2.27. The number of carbonyl (C=O) groups excluding carboxylic acids is 2. The standard InChI is InChI=1S/C7H11NO3.C2H6/c1-11-5-4-8-6(9)2-3-7(8)10;1-2/h2-5H2,1H3;1-2H3. The lowest BCUT2D eigenvalue weighted by Crippen LogP contribution is -2.32. The maximum absolute atomic E-state index is 10.9. The summed E-state index contributed by atoms with van der Waals surface area (Å²) in [6.07, 6.45) is 0.727. The smallest absolute Gasteiger partial charge is 0.229 e. The molecule has 0 spiro atoms. The van der Waals surface area contributed by atoms with Crippen molar-refractivity contribution in [3.63, 3.8) is 0 Å². The molecule has 4 nitrogen and oxygen atoms in total. The van der Waals surface area contributed by atoms with Crippen LogP contribution in [0.25, 0.3) is 0 Å². The zero-order valence-corrected chi connectivity index (χ0v) is 8.50. The van der Waals surface area contributed by atoms with E-state index in [9.17, 15) is 9.59 Å². The zero-order chi connectivity index (χ0) is 10.3. The van der Waals surface area contributed by atoms with Crippen molar-refractivity contribution < 1.29 is 14.3 Å². The number of methoxy groups -OCH3 is 1. The molecule has 1 fully saturated rings. The fraction of sp³-hybridized carbons (Fsp3) is 0.778. The molecule has 0 bridgehead atoms. The van der Waals surface area contributed by atoms with E-state index >= 15 is 0 Å². The van der Waals surface area contributed by atoms with Crippen LogP contribution in [-0.2, 0) is 14.3 Å². The number of hydrogen-bond donors (Lipinski definition) is 0. The molecule has 4 heteroatoms. The second-order valence-electron chi connectivity index (χ2n) is 2.43. The quantitative estimate of drug-likeness (QED) is 0.614. The second-order valence-corrected chi connectivity index (χ2v) is 2.43. The Balaban J connectivity index is 0.000000671. The molecule has 0 unspecified atom stereocenters. The van der Waals surface area contributed by atoms with Gasteiger partial charge < -0.3 is 4.74 Å². The molecule has 1 rings (SSSR count). The van der Waals surface area contributed by atoms with Crippen LogP contribution in [0.2, 0.25) is 0 Å². The Labute approximate surface area is 78.9 Å². The number of likely N-dealkylation sites (tertiary alicyclic amines) is 1. The van der Waals surface area contributed by atoms with Gasteiger partial charge in [-0.15, -0.1) is 0 Å². The van der Waals surface area contributed by atoms with E-state index in [0.29, 0.717) is 26.0 Å². The molecule has 2 amide bonds. The van der Waals surface area contributed by atoms with Crippen LogP contribution in [0, 0.1) is 0 Å². The molecule has 1 heterocycles. The number of ether oxygens (including phenoxy) is 1. The van der Waals surface area contributed by atoms with E-state index in [4.69, 9.17) is 4.74 Å². The molecule has 76 valence electrons. The van der Waals surface area contributed by atoms with Gasteiger partial charge in [-0.25, -0.2) is 0 Å². The lowest BCUT2D eigenvalue weighted by molar-refractivity contribution is -0.139. The van der Waals surface area contributed by atoms with Crippen LogP contribution in [-0.4, -0.2) is 37.0 Å². The van der Waals surface area contributed by atoms with Crippen molar-refractivity contribution in [2.45, 2.75) is 26.7 Å².